The van der Waals surface area contributed by atoms with Crippen molar-refractivity contribution in [2.75, 3.05) is 0 Å². The van der Waals surface area contributed by atoms with Gasteiger partial charge in [-0.3, -0.25) is 0 Å². The van der Waals surface area contributed by atoms with Gasteiger partial charge in [0.1, 0.15) is 5.83 Å². The molecule has 0 aliphatic heterocycles. The number of aromatic nitrogens is 2. The first kappa shape index (κ1) is 12.4. The fourth-order valence-corrected chi connectivity index (χ4v) is 1.42. The second-order valence-electron chi connectivity index (χ2n) is 3.38. The number of halogens is 1. The van der Waals surface area contributed by atoms with Crippen molar-refractivity contribution in [2.45, 2.75) is 20.0 Å². The van der Waals surface area contributed by atoms with Crippen LogP contribution in [0.15, 0.2) is 48.7 Å². The Balaban J connectivity index is 2.88. The van der Waals surface area contributed by atoms with Gasteiger partial charge in [0.05, 0.1) is 12.0 Å². The maximum atomic E-state index is 12.7. The molecule has 0 unspecified atom stereocenters. The van der Waals surface area contributed by atoms with E-state index in [-0.39, 0.29) is 0 Å². The highest BCUT2D eigenvalue weighted by Gasteiger charge is 2.01. The van der Waals surface area contributed by atoms with Crippen LogP contribution in [0.4, 0.5) is 4.39 Å². The zero-order valence-corrected chi connectivity index (χ0v) is 9.36. The Kier molecular flexibility index (Phi) is 4.66. The lowest BCUT2D eigenvalue weighted by Crippen LogP contribution is -2.07. The van der Waals surface area contributed by atoms with Gasteiger partial charge in [0.15, 0.2) is 0 Å². The van der Waals surface area contributed by atoms with Crippen molar-refractivity contribution < 1.29 is 4.39 Å². The van der Waals surface area contributed by atoms with Crippen molar-refractivity contribution in [1.82, 2.24) is 9.55 Å². The van der Waals surface area contributed by atoms with Gasteiger partial charge in [-0.25, -0.2) is 9.37 Å². The summed E-state index contributed by atoms with van der Waals surface area (Å²) in [4.78, 5) is 4.00. The van der Waals surface area contributed by atoms with Crippen LogP contribution in [0, 0.1) is 0 Å². The minimum atomic E-state index is -0.456. The van der Waals surface area contributed by atoms with E-state index in [0.717, 1.165) is 11.3 Å². The minimum Gasteiger partial charge on any atom is -0.329 e. The van der Waals surface area contributed by atoms with Crippen LogP contribution in [0.25, 0.3) is 0 Å². The molecule has 86 valence electrons. The van der Waals surface area contributed by atoms with Gasteiger partial charge in [-0.05, 0) is 18.6 Å². The number of hydrogen-bond donors (Lipinski definition) is 1. The Morgan fingerprint density at radius 3 is 3.00 bits per heavy atom. The zero-order valence-electron chi connectivity index (χ0n) is 9.36. The van der Waals surface area contributed by atoms with Crippen LogP contribution in [-0.2, 0) is 13.1 Å². The fraction of sp³-hybridized carbons (Fsp3) is 0.250. The Bertz CT molecular complexity index is 416. The molecular weight excluding hydrogens is 205 g/mol. The van der Waals surface area contributed by atoms with E-state index in [1.807, 2.05) is 23.6 Å². The van der Waals surface area contributed by atoms with E-state index in [9.17, 15) is 4.39 Å². The lowest BCUT2D eigenvalue weighted by atomic mass is 10.2. The predicted molar refractivity (Wildman–Crippen MR) is 63.3 cm³/mol. The summed E-state index contributed by atoms with van der Waals surface area (Å²) in [5.74, 6) is -0.456. The Morgan fingerprint density at radius 2 is 2.44 bits per heavy atom. The molecule has 16 heavy (non-hydrogen) atoms. The first-order valence-corrected chi connectivity index (χ1v) is 5.04. The normalized spacial score (nSPS) is 12.3. The summed E-state index contributed by atoms with van der Waals surface area (Å²) in [6.07, 6.45) is 8.48. The third-order valence-corrected chi connectivity index (χ3v) is 2.08. The highest BCUT2D eigenvalue weighted by atomic mass is 19.1. The maximum absolute atomic E-state index is 12.7. The molecule has 1 rings (SSSR count). The molecule has 0 saturated heterocycles. The average Bonchev–Trinajstić information content (AvgIpc) is 2.64. The van der Waals surface area contributed by atoms with E-state index < -0.39 is 5.83 Å². The SMILES string of the molecule is C=C(F)/C=C(\C=C/C)Cn1cncc1CN. The largest absolute Gasteiger partial charge is 0.329 e. The van der Waals surface area contributed by atoms with E-state index in [1.165, 1.54) is 6.08 Å². The molecule has 2 N–H and O–H groups in total. The van der Waals surface area contributed by atoms with Crippen LogP contribution in [0.5, 0.6) is 0 Å². The van der Waals surface area contributed by atoms with Crippen molar-refractivity contribution in [3.05, 3.63) is 54.4 Å². The summed E-state index contributed by atoms with van der Waals surface area (Å²) >= 11 is 0. The zero-order chi connectivity index (χ0) is 12.0. The number of imidazole rings is 1. The molecular formula is C12H16FN3. The lowest BCUT2D eigenvalue weighted by molar-refractivity contribution is 0.665. The van der Waals surface area contributed by atoms with Crippen molar-refractivity contribution in [3.8, 4) is 0 Å². The van der Waals surface area contributed by atoms with Gasteiger partial charge >= 0.3 is 0 Å². The van der Waals surface area contributed by atoms with Crippen LogP contribution < -0.4 is 5.73 Å². The summed E-state index contributed by atoms with van der Waals surface area (Å²) in [5, 5.41) is 0. The monoisotopic (exact) mass is 221 g/mol. The molecule has 0 bridgehead atoms. The molecule has 0 aliphatic rings. The number of nitrogens with two attached hydrogens (primary N) is 1. The van der Waals surface area contributed by atoms with Gasteiger partial charge < -0.3 is 10.3 Å². The summed E-state index contributed by atoms with van der Waals surface area (Å²) in [5.41, 5.74) is 7.29. The quantitative estimate of drug-likeness (QED) is 0.775. The van der Waals surface area contributed by atoms with E-state index in [1.54, 1.807) is 12.5 Å². The third-order valence-electron chi connectivity index (χ3n) is 2.08. The highest BCUT2D eigenvalue weighted by molar-refractivity contribution is 5.25. The molecule has 0 amide bonds. The van der Waals surface area contributed by atoms with Gasteiger partial charge in [-0.1, -0.05) is 18.7 Å². The number of rotatable bonds is 5. The summed E-state index contributed by atoms with van der Waals surface area (Å²) in [6, 6.07) is 0. The van der Waals surface area contributed by atoms with E-state index in [0.29, 0.717) is 13.1 Å². The molecule has 4 heteroatoms. The van der Waals surface area contributed by atoms with E-state index in [4.69, 9.17) is 5.73 Å². The molecule has 1 heterocycles. The van der Waals surface area contributed by atoms with Crippen LogP contribution >= 0.6 is 0 Å². The molecule has 3 nitrogen and oxygen atoms in total. The molecule has 0 fully saturated rings. The topological polar surface area (TPSA) is 43.8 Å². The third kappa shape index (κ3) is 3.47. The highest BCUT2D eigenvalue weighted by Crippen LogP contribution is 2.09. The second kappa shape index (κ2) is 6.02. The summed E-state index contributed by atoms with van der Waals surface area (Å²) in [7, 11) is 0. The van der Waals surface area contributed by atoms with Gasteiger partial charge in [0.25, 0.3) is 0 Å². The molecule has 1 aromatic heterocycles. The first-order valence-electron chi connectivity index (χ1n) is 5.04. The summed E-state index contributed by atoms with van der Waals surface area (Å²) < 4.78 is 14.6. The standard InChI is InChI=1S/C12H16FN3/c1-3-4-11(5-10(2)13)8-16-9-15-7-12(16)6-14/h3-5,7,9H,2,6,8,14H2,1H3/b4-3-,11-5+. The Morgan fingerprint density at radius 1 is 1.69 bits per heavy atom. The number of hydrogen-bond acceptors (Lipinski definition) is 2. The van der Waals surface area contributed by atoms with Gasteiger partial charge in [0, 0.05) is 19.3 Å². The Labute approximate surface area is 94.8 Å². The molecule has 0 radical (unpaired) electrons. The van der Waals surface area contributed by atoms with E-state index in [2.05, 4.69) is 11.6 Å². The molecule has 1 aromatic rings. The van der Waals surface area contributed by atoms with Crippen molar-refractivity contribution in [1.29, 1.82) is 0 Å². The van der Waals surface area contributed by atoms with Crippen molar-refractivity contribution in [2.24, 2.45) is 5.73 Å². The number of nitrogens with zero attached hydrogens (tertiary/aromatic N) is 2. The van der Waals surface area contributed by atoms with Crippen LogP contribution in [0.1, 0.15) is 12.6 Å². The second-order valence-corrected chi connectivity index (χ2v) is 3.38. The summed E-state index contributed by atoms with van der Waals surface area (Å²) in [6.45, 7) is 6.06. The minimum absolute atomic E-state index is 0.416. The lowest BCUT2D eigenvalue weighted by Gasteiger charge is -2.07. The van der Waals surface area contributed by atoms with Crippen LogP contribution in [0.3, 0.4) is 0 Å². The molecule has 0 aliphatic carbocycles. The van der Waals surface area contributed by atoms with E-state index >= 15 is 0 Å². The predicted octanol–water partition coefficient (Wildman–Crippen LogP) is 2.33. The molecule has 0 saturated carbocycles. The molecule has 0 aromatic carbocycles. The average molecular weight is 221 g/mol. The van der Waals surface area contributed by atoms with Crippen LogP contribution in [0.2, 0.25) is 0 Å². The van der Waals surface area contributed by atoms with Crippen LogP contribution in [-0.4, -0.2) is 9.55 Å². The first-order chi connectivity index (χ1) is 7.67. The molecule has 0 spiro atoms. The fourth-order valence-electron chi connectivity index (χ4n) is 1.42. The van der Waals surface area contributed by atoms with Gasteiger partial charge in [-0.2, -0.15) is 0 Å². The van der Waals surface area contributed by atoms with Crippen molar-refractivity contribution >= 4 is 0 Å². The maximum Gasteiger partial charge on any atom is 0.116 e. The number of allylic oxidation sites excluding steroid dienone is 5. The van der Waals surface area contributed by atoms with Gasteiger partial charge in [0.2, 0.25) is 0 Å². The Hall–Kier alpha value is -1.68. The van der Waals surface area contributed by atoms with Crippen molar-refractivity contribution in [3.63, 3.8) is 0 Å². The smallest absolute Gasteiger partial charge is 0.116 e. The van der Waals surface area contributed by atoms with Gasteiger partial charge in [-0.15, -0.1) is 0 Å². The molecule has 0 atom stereocenters.